The second-order valence-electron chi connectivity index (χ2n) is 5.14. The van der Waals surface area contributed by atoms with Crippen LogP contribution in [0.5, 0.6) is 0 Å². The molecule has 0 aliphatic heterocycles. The normalized spacial score (nSPS) is 27.5. The van der Waals surface area contributed by atoms with Crippen LogP contribution < -0.4 is 5.32 Å². The van der Waals surface area contributed by atoms with Crippen LogP contribution >= 0.6 is 15.9 Å². The number of nitrogens with one attached hydrogen (secondary N) is 1. The lowest BCUT2D eigenvalue weighted by atomic mass is 9.64. The lowest BCUT2D eigenvalue weighted by Gasteiger charge is -2.49. The monoisotopic (exact) mass is 283 g/mol. The molecule has 1 aliphatic rings. The van der Waals surface area contributed by atoms with Crippen molar-refractivity contribution in [3.63, 3.8) is 0 Å². The molecule has 0 radical (unpaired) electrons. The van der Waals surface area contributed by atoms with Gasteiger partial charge in [0, 0.05) is 22.5 Å². The first-order valence-corrected chi connectivity index (χ1v) is 6.45. The maximum Gasteiger partial charge on any atom is 0.0621 e. The van der Waals surface area contributed by atoms with Crippen LogP contribution in [-0.4, -0.2) is 17.3 Å². The molecular weight excluding hydrogens is 266 g/mol. The Labute approximate surface area is 105 Å². The van der Waals surface area contributed by atoms with Crippen molar-refractivity contribution in [1.82, 2.24) is 5.32 Å². The van der Waals surface area contributed by atoms with Crippen molar-refractivity contribution in [3.8, 4) is 0 Å². The van der Waals surface area contributed by atoms with E-state index < -0.39 is 0 Å². The van der Waals surface area contributed by atoms with E-state index in [-0.39, 0.29) is 11.5 Å². The van der Waals surface area contributed by atoms with E-state index in [2.05, 4.69) is 47.2 Å². The summed E-state index contributed by atoms with van der Waals surface area (Å²) in [6.45, 7) is 5.08. The summed E-state index contributed by atoms with van der Waals surface area (Å²) < 4.78 is 1.11. The van der Waals surface area contributed by atoms with Gasteiger partial charge in [-0.2, -0.15) is 0 Å². The van der Waals surface area contributed by atoms with E-state index in [1.165, 1.54) is 5.56 Å². The van der Waals surface area contributed by atoms with Gasteiger partial charge in [0.1, 0.15) is 0 Å². The van der Waals surface area contributed by atoms with Crippen molar-refractivity contribution in [2.24, 2.45) is 5.41 Å². The summed E-state index contributed by atoms with van der Waals surface area (Å²) in [7, 11) is 0. The molecule has 1 aromatic rings. The van der Waals surface area contributed by atoms with Crippen LogP contribution in [0.4, 0.5) is 0 Å². The van der Waals surface area contributed by atoms with Gasteiger partial charge in [-0.05, 0) is 24.1 Å². The highest BCUT2D eigenvalue weighted by atomic mass is 79.9. The fraction of sp³-hybridized carbons (Fsp3) is 0.538. The quantitative estimate of drug-likeness (QED) is 0.894. The van der Waals surface area contributed by atoms with Gasteiger partial charge in [-0.1, -0.05) is 41.9 Å². The lowest BCUT2D eigenvalue weighted by molar-refractivity contribution is -0.0729. The number of hydrogen-bond acceptors (Lipinski definition) is 2. The van der Waals surface area contributed by atoms with Gasteiger partial charge < -0.3 is 10.4 Å². The third kappa shape index (κ3) is 2.31. The standard InChI is InChI=1S/C13H18BrNO/c1-13(2)11(7-12(13)16)15-8-9-4-3-5-10(14)6-9/h3-6,11-12,15-16H,7-8H2,1-2H3. The van der Waals surface area contributed by atoms with E-state index in [1.54, 1.807) is 0 Å². The van der Waals surface area contributed by atoms with Gasteiger partial charge >= 0.3 is 0 Å². The molecule has 2 atom stereocenters. The summed E-state index contributed by atoms with van der Waals surface area (Å²) in [6.07, 6.45) is 0.702. The molecule has 2 rings (SSSR count). The zero-order chi connectivity index (χ0) is 11.8. The Kier molecular flexibility index (Phi) is 3.38. The van der Waals surface area contributed by atoms with Gasteiger partial charge in [0.05, 0.1) is 6.10 Å². The van der Waals surface area contributed by atoms with E-state index in [4.69, 9.17) is 0 Å². The van der Waals surface area contributed by atoms with Gasteiger partial charge in [0.15, 0.2) is 0 Å². The maximum atomic E-state index is 9.64. The molecule has 16 heavy (non-hydrogen) atoms. The Hall–Kier alpha value is -0.380. The first-order chi connectivity index (χ1) is 7.50. The van der Waals surface area contributed by atoms with Crippen molar-refractivity contribution in [1.29, 1.82) is 0 Å². The number of hydrogen-bond donors (Lipinski definition) is 2. The van der Waals surface area contributed by atoms with Gasteiger partial charge in [-0.15, -0.1) is 0 Å². The molecule has 1 fully saturated rings. The first kappa shape index (κ1) is 12.1. The summed E-state index contributed by atoms with van der Waals surface area (Å²) in [5.74, 6) is 0. The molecule has 2 unspecified atom stereocenters. The van der Waals surface area contributed by atoms with Gasteiger partial charge in [-0.25, -0.2) is 0 Å². The van der Waals surface area contributed by atoms with Crippen molar-refractivity contribution in [2.75, 3.05) is 0 Å². The summed E-state index contributed by atoms with van der Waals surface area (Å²) in [5, 5.41) is 13.1. The molecule has 0 heterocycles. The highest BCUT2D eigenvalue weighted by Crippen LogP contribution is 2.40. The zero-order valence-electron chi connectivity index (χ0n) is 9.70. The topological polar surface area (TPSA) is 32.3 Å². The maximum absolute atomic E-state index is 9.64. The second kappa shape index (κ2) is 4.47. The average Bonchev–Trinajstić information content (AvgIpc) is 2.24. The van der Waals surface area contributed by atoms with Crippen LogP contribution in [0.2, 0.25) is 0 Å². The summed E-state index contributed by atoms with van der Waals surface area (Å²) in [6, 6.07) is 8.72. The second-order valence-corrected chi connectivity index (χ2v) is 6.05. The molecule has 2 N–H and O–H groups in total. The number of halogens is 1. The number of aliphatic hydroxyl groups is 1. The Morgan fingerprint density at radius 3 is 2.81 bits per heavy atom. The molecule has 0 amide bonds. The molecule has 1 aliphatic carbocycles. The van der Waals surface area contributed by atoms with Crippen LogP contribution in [0.3, 0.4) is 0 Å². The minimum atomic E-state index is -0.160. The third-order valence-corrected chi connectivity index (χ3v) is 4.15. The van der Waals surface area contributed by atoms with Crippen LogP contribution in [0, 0.1) is 5.41 Å². The van der Waals surface area contributed by atoms with E-state index in [9.17, 15) is 5.11 Å². The molecule has 2 nitrogen and oxygen atoms in total. The predicted molar refractivity (Wildman–Crippen MR) is 69.2 cm³/mol. The Morgan fingerprint density at radius 1 is 1.50 bits per heavy atom. The highest BCUT2D eigenvalue weighted by molar-refractivity contribution is 9.10. The van der Waals surface area contributed by atoms with Crippen molar-refractivity contribution < 1.29 is 5.11 Å². The molecule has 0 spiro atoms. The lowest BCUT2D eigenvalue weighted by Crippen LogP contribution is -2.59. The van der Waals surface area contributed by atoms with E-state index in [0.29, 0.717) is 6.04 Å². The van der Waals surface area contributed by atoms with E-state index in [1.807, 2.05) is 12.1 Å². The van der Waals surface area contributed by atoms with Crippen LogP contribution in [-0.2, 0) is 6.54 Å². The molecule has 0 bridgehead atoms. The van der Waals surface area contributed by atoms with Crippen LogP contribution in [0.15, 0.2) is 28.7 Å². The Balaban J connectivity index is 1.89. The SMILES string of the molecule is CC1(C)C(O)CC1NCc1cccc(Br)c1. The van der Waals surface area contributed by atoms with E-state index in [0.717, 1.165) is 17.4 Å². The van der Waals surface area contributed by atoms with E-state index >= 15 is 0 Å². The van der Waals surface area contributed by atoms with Crippen LogP contribution in [0.25, 0.3) is 0 Å². The van der Waals surface area contributed by atoms with Crippen molar-refractivity contribution in [2.45, 2.75) is 39.0 Å². The largest absolute Gasteiger partial charge is 0.392 e. The molecule has 88 valence electrons. The van der Waals surface area contributed by atoms with Crippen LogP contribution in [0.1, 0.15) is 25.8 Å². The fourth-order valence-corrected chi connectivity index (χ4v) is 2.58. The number of benzene rings is 1. The molecular formula is C13H18BrNO. The summed E-state index contributed by atoms with van der Waals surface area (Å²) in [4.78, 5) is 0. The zero-order valence-corrected chi connectivity index (χ0v) is 11.3. The Morgan fingerprint density at radius 2 is 2.25 bits per heavy atom. The number of aliphatic hydroxyl groups excluding tert-OH is 1. The van der Waals surface area contributed by atoms with Crippen molar-refractivity contribution in [3.05, 3.63) is 34.3 Å². The molecule has 3 heteroatoms. The molecule has 0 aromatic heterocycles. The number of rotatable bonds is 3. The Bertz CT molecular complexity index is 378. The molecule has 1 aromatic carbocycles. The summed E-state index contributed by atoms with van der Waals surface area (Å²) >= 11 is 3.46. The smallest absolute Gasteiger partial charge is 0.0621 e. The first-order valence-electron chi connectivity index (χ1n) is 5.66. The minimum Gasteiger partial charge on any atom is -0.392 e. The fourth-order valence-electron chi connectivity index (χ4n) is 2.14. The van der Waals surface area contributed by atoms with Gasteiger partial charge in [-0.3, -0.25) is 0 Å². The van der Waals surface area contributed by atoms with Gasteiger partial charge in [0.2, 0.25) is 0 Å². The minimum absolute atomic E-state index is 0.00596. The molecule has 1 saturated carbocycles. The van der Waals surface area contributed by atoms with Crippen molar-refractivity contribution >= 4 is 15.9 Å². The predicted octanol–water partition coefficient (Wildman–Crippen LogP) is 2.70. The van der Waals surface area contributed by atoms with Gasteiger partial charge in [0.25, 0.3) is 0 Å². The summed E-state index contributed by atoms with van der Waals surface area (Å²) in [5.41, 5.74) is 1.28. The highest BCUT2D eigenvalue weighted by Gasteiger charge is 2.46. The molecule has 0 saturated heterocycles. The average molecular weight is 284 g/mol. The third-order valence-electron chi connectivity index (χ3n) is 3.66.